The van der Waals surface area contributed by atoms with E-state index in [2.05, 4.69) is 65.9 Å². The van der Waals surface area contributed by atoms with Crippen LogP contribution in [0.2, 0.25) is 0 Å². The highest BCUT2D eigenvalue weighted by atomic mass is 16.5. The van der Waals surface area contributed by atoms with Crippen molar-refractivity contribution in [2.45, 2.75) is 12.1 Å². The van der Waals surface area contributed by atoms with Crippen molar-refractivity contribution in [1.29, 1.82) is 0 Å². The zero-order chi connectivity index (χ0) is 15.5. The summed E-state index contributed by atoms with van der Waals surface area (Å²) in [6.07, 6.45) is 0.00352. The summed E-state index contributed by atoms with van der Waals surface area (Å²) < 4.78 is 6.39. The third kappa shape index (κ3) is 2.94. The molecule has 1 saturated heterocycles. The number of nitrogens with one attached hydrogen (secondary N) is 1. The molecule has 1 heterocycles. The highest BCUT2D eigenvalue weighted by molar-refractivity contribution is 6.65. The monoisotopic (exact) mass is 299 g/mol. The average molecular weight is 299 g/mol. The van der Waals surface area contributed by atoms with Gasteiger partial charge in [-0.3, -0.25) is 0 Å². The first-order valence-electron chi connectivity index (χ1n) is 7.98. The van der Waals surface area contributed by atoms with Crippen molar-refractivity contribution in [2.75, 3.05) is 0 Å². The molecule has 2 nitrogen and oxygen atoms in total. The van der Waals surface area contributed by atoms with Crippen LogP contribution in [0.5, 0.6) is 0 Å². The minimum Gasteiger partial charge on any atom is -0.409 e. The van der Waals surface area contributed by atoms with Gasteiger partial charge in [0.25, 0.3) is 0 Å². The summed E-state index contributed by atoms with van der Waals surface area (Å²) in [5.41, 5.74) is 3.61. The molecule has 4 rings (SSSR count). The van der Waals surface area contributed by atoms with Gasteiger partial charge in [-0.25, -0.2) is 0 Å². The van der Waals surface area contributed by atoms with Gasteiger partial charge >= 0.3 is 7.05 Å². The molecule has 0 unspecified atom stereocenters. The highest BCUT2D eigenvalue weighted by Crippen LogP contribution is 2.36. The van der Waals surface area contributed by atoms with Crippen molar-refractivity contribution in [2.24, 2.45) is 0 Å². The normalized spacial score (nSPS) is 20.6. The Labute approximate surface area is 137 Å². The van der Waals surface area contributed by atoms with Crippen molar-refractivity contribution in [3.05, 3.63) is 102 Å². The lowest BCUT2D eigenvalue weighted by Gasteiger charge is -2.20. The Hall–Kier alpha value is -2.36. The zero-order valence-electron chi connectivity index (χ0n) is 12.8. The van der Waals surface area contributed by atoms with Gasteiger partial charge in [0.15, 0.2) is 0 Å². The van der Waals surface area contributed by atoms with Gasteiger partial charge < -0.3 is 9.88 Å². The summed E-state index contributed by atoms with van der Waals surface area (Å²) in [5, 5.41) is 3.65. The van der Waals surface area contributed by atoms with Crippen LogP contribution in [0.4, 0.5) is 0 Å². The second kappa shape index (κ2) is 6.41. The largest absolute Gasteiger partial charge is 0.416 e. The van der Waals surface area contributed by atoms with Crippen LogP contribution in [0.1, 0.15) is 23.3 Å². The predicted octanol–water partition coefficient (Wildman–Crippen LogP) is 3.48. The molecule has 1 aliphatic rings. The summed E-state index contributed by atoms with van der Waals surface area (Å²) in [5.74, 6) is 0. The molecule has 0 amide bonds. The molecule has 0 bridgehead atoms. The Morgan fingerprint density at radius 2 is 1.17 bits per heavy atom. The number of benzene rings is 3. The molecule has 0 spiro atoms. The Morgan fingerprint density at radius 1 is 0.652 bits per heavy atom. The van der Waals surface area contributed by atoms with Crippen molar-refractivity contribution < 1.29 is 4.65 Å². The summed E-state index contributed by atoms with van der Waals surface area (Å²) >= 11 is 0. The molecule has 1 N–H and O–H groups in total. The molecule has 0 aromatic heterocycles. The van der Waals surface area contributed by atoms with E-state index in [4.69, 9.17) is 4.65 Å². The van der Waals surface area contributed by atoms with E-state index in [1.807, 2.05) is 30.3 Å². The van der Waals surface area contributed by atoms with Gasteiger partial charge in [0.2, 0.25) is 0 Å². The summed E-state index contributed by atoms with van der Waals surface area (Å²) in [7, 11) is -0.0911. The molecule has 1 fully saturated rings. The maximum Gasteiger partial charge on any atom is 0.416 e. The molecule has 0 aliphatic carbocycles. The molecule has 0 saturated carbocycles. The molecule has 1 aliphatic heterocycles. The lowest BCUT2D eigenvalue weighted by molar-refractivity contribution is 0.218. The van der Waals surface area contributed by atoms with E-state index in [0.717, 1.165) is 5.46 Å². The molecule has 3 heteroatoms. The van der Waals surface area contributed by atoms with E-state index < -0.39 is 0 Å². The van der Waals surface area contributed by atoms with Crippen LogP contribution in [-0.4, -0.2) is 7.05 Å². The molecule has 112 valence electrons. The standard InChI is InChI=1S/C20H18BNO/c1-4-10-16(11-5-1)19-20(17-12-6-2-7-13-17)23-21(22-19)18-14-8-3-9-15-18/h1-15,19-20,22H/t19-,20+/m0/s1. The first-order chi connectivity index (χ1) is 11.4. The summed E-state index contributed by atoms with van der Waals surface area (Å²) in [6, 6.07) is 31.4. The van der Waals surface area contributed by atoms with Gasteiger partial charge in [-0.1, -0.05) is 91.0 Å². The van der Waals surface area contributed by atoms with Crippen molar-refractivity contribution in [3.8, 4) is 0 Å². The van der Waals surface area contributed by atoms with Crippen molar-refractivity contribution in [3.63, 3.8) is 0 Å². The number of hydrogen-bond acceptors (Lipinski definition) is 2. The molecular formula is C20H18BNO. The number of hydrogen-bond donors (Lipinski definition) is 1. The lowest BCUT2D eigenvalue weighted by atomic mass is 9.74. The predicted molar refractivity (Wildman–Crippen MR) is 94.4 cm³/mol. The molecule has 3 aromatic carbocycles. The number of rotatable bonds is 3. The van der Waals surface area contributed by atoms with Crippen LogP contribution >= 0.6 is 0 Å². The van der Waals surface area contributed by atoms with Crippen LogP contribution < -0.4 is 10.7 Å². The topological polar surface area (TPSA) is 21.3 Å². The summed E-state index contributed by atoms with van der Waals surface area (Å²) in [6.45, 7) is 0. The van der Waals surface area contributed by atoms with Gasteiger partial charge in [-0.05, 0) is 16.6 Å². The fraction of sp³-hybridized carbons (Fsp3) is 0.100. The van der Waals surface area contributed by atoms with E-state index in [1.165, 1.54) is 11.1 Å². The maximum atomic E-state index is 6.39. The lowest BCUT2D eigenvalue weighted by Crippen LogP contribution is -2.41. The average Bonchev–Trinajstić information content (AvgIpc) is 3.09. The van der Waals surface area contributed by atoms with Gasteiger partial charge in [0, 0.05) is 0 Å². The molecular weight excluding hydrogens is 281 g/mol. The molecule has 2 atom stereocenters. The fourth-order valence-electron chi connectivity index (χ4n) is 3.16. The summed E-state index contributed by atoms with van der Waals surface area (Å²) in [4.78, 5) is 0. The smallest absolute Gasteiger partial charge is 0.409 e. The minimum absolute atomic E-state index is 0.00352. The second-order valence-electron chi connectivity index (χ2n) is 5.81. The van der Waals surface area contributed by atoms with Gasteiger partial charge in [0.05, 0.1) is 12.1 Å². The van der Waals surface area contributed by atoms with Crippen LogP contribution in [-0.2, 0) is 4.65 Å². The Kier molecular flexibility index (Phi) is 3.97. The second-order valence-corrected chi connectivity index (χ2v) is 5.81. The van der Waals surface area contributed by atoms with Crippen LogP contribution in [0.3, 0.4) is 0 Å². The first-order valence-corrected chi connectivity index (χ1v) is 7.98. The van der Waals surface area contributed by atoms with Crippen molar-refractivity contribution in [1.82, 2.24) is 5.23 Å². The van der Waals surface area contributed by atoms with Gasteiger partial charge in [0.1, 0.15) is 0 Å². The zero-order valence-corrected chi connectivity index (χ0v) is 12.8. The Balaban J connectivity index is 1.70. The SMILES string of the molecule is c1ccc(B2N[C@@H](c3ccccc3)[C@@H](c3ccccc3)O2)cc1. The van der Waals surface area contributed by atoms with E-state index in [0.29, 0.717) is 0 Å². The van der Waals surface area contributed by atoms with Crippen LogP contribution in [0.25, 0.3) is 0 Å². The quantitative estimate of drug-likeness (QED) is 0.748. The molecule has 23 heavy (non-hydrogen) atoms. The first kappa shape index (κ1) is 14.3. The third-order valence-electron chi connectivity index (χ3n) is 4.31. The van der Waals surface area contributed by atoms with Crippen LogP contribution in [0, 0.1) is 0 Å². The third-order valence-corrected chi connectivity index (χ3v) is 4.31. The van der Waals surface area contributed by atoms with E-state index >= 15 is 0 Å². The van der Waals surface area contributed by atoms with Crippen LogP contribution in [0.15, 0.2) is 91.0 Å². The maximum absolute atomic E-state index is 6.39. The van der Waals surface area contributed by atoms with Gasteiger partial charge in [-0.15, -0.1) is 0 Å². The minimum atomic E-state index is -0.0911. The Bertz CT molecular complexity index is 701. The van der Waals surface area contributed by atoms with Gasteiger partial charge in [-0.2, -0.15) is 0 Å². The molecule has 0 radical (unpaired) electrons. The van der Waals surface area contributed by atoms with E-state index in [9.17, 15) is 0 Å². The fourth-order valence-corrected chi connectivity index (χ4v) is 3.16. The van der Waals surface area contributed by atoms with E-state index in [-0.39, 0.29) is 19.2 Å². The molecule has 3 aromatic rings. The Morgan fingerprint density at radius 3 is 1.78 bits per heavy atom. The van der Waals surface area contributed by atoms with Crippen molar-refractivity contribution >= 4 is 12.5 Å². The van der Waals surface area contributed by atoms with E-state index in [1.54, 1.807) is 0 Å². The highest BCUT2D eigenvalue weighted by Gasteiger charge is 2.40.